The Labute approximate surface area is 172 Å². The van der Waals surface area contributed by atoms with E-state index in [0.29, 0.717) is 27.7 Å². The number of hydrogen-bond acceptors (Lipinski definition) is 7. The number of aromatic nitrogens is 4. The normalized spacial score (nSPS) is 13.0. The Morgan fingerprint density at radius 1 is 1.10 bits per heavy atom. The molecule has 0 unspecified atom stereocenters. The summed E-state index contributed by atoms with van der Waals surface area (Å²) in [6, 6.07) is 11.5. The Morgan fingerprint density at radius 2 is 1.93 bits per heavy atom. The number of hydrogen-bond donors (Lipinski definition) is 2. The molecule has 29 heavy (non-hydrogen) atoms. The molecule has 7 heteroatoms. The largest absolute Gasteiger partial charge is 0.382 e. The van der Waals surface area contributed by atoms with Crippen LogP contribution in [0.5, 0.6) is 0 Å². The van der Waals surface area contributed by atoms with Gasteiger partial charge in [-0.2, -0.15) is 0 Å². The highest BCUT2D eigenvalue weighted by atomic mass is 32.1. The third kappa shape index (κ3) is 3.94. The first-order valence-electron chi connectivity index (χ1n) is 9.01. The van der Waals surface area contributed by atoms with Crippen LogP contribution in [-0.4, -0.2) is 25.0 Å². The van der Waals surface area contributed by atoms with E-state index in [1.54, 1.807) is 20.0 Å². The summed E-state index contributed by atoms with van der Waals surface area (Å²) in [5.41, 5.74) is 8.41. The molecular weight excluding hydrogens is 382 g/mol. The van der Waals surface area contributed by atoms with Crippen molar-refractivity contribution in [3.8, 4) is 23.1 Å². The molecule has 144 valence electrons. The lowest BCUT2D eigenvalue weighted by molar-refractivity contribution is 0.122. The third-order valence-corrected chi connectivity index (χ3v) is 5.45. The van der Waals surface area contributed by atoms with Crippen LogP contribution < -0.4 is 5.73 Å². The van der Waals surface area contributed by atoms with Gasteiger partial charge in [-0.3, -0.25) is 0 Å². The maximum Gasteiger partial charge on any atom is 0.174 e. The molecule has 0 aliphatic rings. The minimum absolute atomic E-state index is 0.361. The summed E-state index contributed by atoms with van der Waals surface area (Å²) < 4.78 is 0. The lowest BCUT2D eigenvalue weighted by Gasteiger charge is -2.12. The van der Waals surface area contributed by atoms with Crippen LogP contribution >= 0.6 is 11.3 Å². The molecule has 0 spiro atoms. The first-order chi connectivity index (χ1) is 13.8. The Morgan fingerprint density at radius 3 is 2.69 bits per heavy atom. The standard InChI is InChI=1S/C22H19N5OS/c1-13-12-24-21(29-13)22(3,28)10-9-15-5-4-6-16(11-15)17-7-8-18-19(27-17)20(23)26-14(2)25-18/h4-8,11-12,28H,1-3H3,(H2,23,25,26)/t22-/m1/s1. The molecule has 3 heterocycles. The van der Waals surface area contributed by atoms with Gasteiger partial charge in [0.25, 0.3) is 0 Å². The van der Waals surface area contributed by atoms with Crippen LogP contribution in [0.2, 0.25) is 0 Å². The van der Waals surface area contributed by atoms with Crippen LogP contribution in [0.3, 0.4) is 0 Å². The second-order valence-electron chi connectivity index (χ2n) is 6.90. The van der Waals surface area contributed by atoms with Crippen molar-refractivity contribution in [1.29, 1.82) is 0 Å². The molecule has 0 saturated heterocycles. The molecule has 0 fully saturated rings. The van der Waals surface area contributed by atoms with Crippen molar-refractivity contribution >= 4 is 28.2 Å². The van der Waals surface area contributed by atoms with Crippen LogP contribution in [0.1, 0.15) is 28.2 Å². The van der Waals surface area contributed by atoms with Crippen molar-refractivity contribution < 1.29 is 5.11 Å². The van der Waals surface area contributed by atoms with Crippen molar-refractivity contribution in [2.45, 2.75) is 26.4 Å². The topological polar surface area (TPSA) is 97.8 Å². The minimum atomic E-state index is -1.31. The van der Waals surface area contributed by atoms with E-state index in [-0.39, 0.29) is 0 Å². The number of nitrogens with zero attached hydrogens (tertiary/aromatic N) is 4. The fourth-order valence-corrected chi connectivity index (χ4v) is 3.67. The molecule has 0 aliphatic carbocycles. The monoisotopic (exact) mass is 401 g/mol. The van der Waals surface area contributed by atoms with E-state index in [0.717, 1.165) is 21.7 Å². The summed E-state index contributed by atoms with van der Waals surface area (Å²) >= 11 is 1.44. The van der Waals surface area contributed by atoms with Gasteiger partial charge in [-0.25, -0.2) is 19.9 Å². The van der Waals surface area contributed by atoms with Crippen LogP contribution in [0, 0.1) is 25.7 Å². The number of fused-ring (bicyclic) bond motifs is 1. The van der Waals surface area contributed by atoms with E-state index in [2.05, 4.69) is 31.8 Å². The van der Waals surface area contributed by atoms with Gasteiger partial charge in [-0.05, 0) is 45.0 Å². The molecule has 0 saturated carbocycles. The lowest BCUT2D eigenvalue weighted by Crippen LogP contribution is -2.17. The highest BCUT2D eigenvalue weighted by Gasteiger charge is 2.23. The highest BCUT2D eigenvalue weighted by molar-refractivity contribution is 7.11. The number of pyridine rings is 1. The average Bonchev–Trinajstić information content (AvgIpc) is 3.14. The molecule has 0 bridgehead atoms. The first-order valence-corrected chi connectivity index (χ1v) is 9.83. The Balaban J connectivity index is 1.69. The smallest absolute Gasteiger partial charge is 0.174 e. The van der Waals surface area contributed by atoms with Gasteiger partial charge in [-0.1, -0.05) is 24.0 Å². The predicted molar refractivity (Wildman–Crippen MR) is 115 cm³/mol. The van der Waals surface area contributed by atoms with Crippen molar-refractivity contribution in [2.24, 2.45) is 0 Å². The fourth-order valence-electron chi connectivity index (χ4n) is 2.90. The molecule has 0 radical (unpaired) electrons. The summed E-state index contributed by atoms with van der Waals surface area (Å²) in [6.07, 6.45) is 1.74. The average molecular weight is 401 g/mol. The Bertz CT molecular complexity index is 1280. The van der Waals surface area contributed by atoms with Crippen molar-refractivity contribution in [3.05, 3.63) is 63.9 Å². The number of aliphatic hydroxyl groups is 1. The van der Waals surface area contributed by atoms with E-state index < -0.39 is 5.60 Å². The summed E-state index contributed by atoms with van der Waals surface area (Å²) in [5, 5.41) is 11.2. The van der Waals surface area contributed by atoms with Crippen LogP contribution in [0.15, 0.2) is 42.6 Å². The van der Waals surface area contributed by atoms with Gasteiger partial charge in [0.2, 0.25) is 0 Å². The van der Waals surface area contributed by atoms with E-state index in [1.807, 2.05) is 43.3 Å². The van der Waals surface area contributed by atoms with E-state index >= 15 is 0 Å². The summed E-state index contributed by atoms with van der Waals surface area (Å²) in [7, 11) is 0. The zero-order chi connectivity index (χ0) is 20.6. The highest BCUT2D eigenvalue weighted by Crippen LogP contribution is 2.26. The summed E-state index contributed by atoms with van der Waals surface area (Å²) in [4.78, 5) is 18.5. The third-order valence-electron chi connectivity index (χ3n) is 4.33. The van der Waals surface area contributed by atoms with E-state index in [1.165, 1.54) is 11.3 Å². The molecule has 1 aromatic carbocycles. The van der Waals surface area contributed by atoms with Gasteiger partial charge in [0.1, 0.15) is 16.3 Å². The molecule has 0 aliphatic heterocycles. The molecule has 0 amide bonds. The number of benzene rings is 1. The van der Waals surface area contributed by atoms with Crippen molar-refractivity contribution in [1.82, 2.24) is 19.9 Å². The molecule has 4 rings (SSSR count). The summed E-state index contributed by atoms with van der Waals surface area (Å²) in [6.45, 7) is 5.40. The number of rotatable bonds is 2. The van der Waals surface area contributed by atoms with E-state index in [4.69, 9.17) is 5.73 Å². The van der Waals surface area contributed by atoms with Gasteiger partial charge < -0.3 is 10.8 Å². The lowest BCUT2D eigenvalue weighted by atomic mass is 10.1. The van der Waals surface area contributed by atoms with Crippen LogP contribution in [0.25, 0.3) is 22.3 Å². The summed E-state index contributed by atoms with van der Waals surface area (Å²) in [5.74, 6) is 6.95. The van der Waals surface area contributed by atoms with Gasteiger partial charge in [0.05, 0.1) is 11.2 Å². The van der Waals surface area contributed by atoms with Crippen LogP contribution in [-0.2, 0) is 5.60 Å². The molecular formula is C22H19N5OS. The number of aryl methyl sites for hydroxylation is 2. The zero-order valence-electron chi connectivity index (χ0n) is 16.3. The maximum absolute atomic E-state index is 10.7. The Hall–Kier alpha value is -3.34. The first kappa shape index (κ1) is 19.0. The maximum atomic E-state index is 10.7. The molecule has 3 aromatic heterocycles. The molecule has 6 nitrogen and oxygen atoms in total. The fraction of sp³-hybridized carbons (Fsp3) is 0.182. The van der Waals surface area contributed by atoms with Crippen molar-refractivity contribution in [3.63, 3.8) is 0 Å². The van der Waals surface area contributed by atoms with Gasteiger partial charge in [-0.15, -0.1) is 11.3 Å². The second-order valence-corrected chi connectivity index (χ2v) is 8.13. The zero-order valence-corrected chi connectivity index (χ0v) is 17.1. The Kier molecular flexibility index (Phi) is 4.74. The number of nitrogens with two attached hydrogens (primary N) is 1. The van der Waals surface area contributed by atoms with Crippen molar-refractivity contribution in [2.75, 3.05) is 5.73 Å². The number of thiazole rings is 1. The number of nitrogen functional groups attached to an aromatic ring is 1. The van der Waals surface area contributed by atoms with E-state index in [9.17, 15) is 5.11 Å². The predicted octanol–water partition coefficient (Wildman–Crippen LogP) is 3.61. The molecule has 4 aromatic rings. The SMILES string of the molecule is Cc1nc(N)c2nc(-c3cccc(C#C[C@@](C)(O)c4ncc(C)s4)c3)ccc2n1. The van der Waals surface area contributed by atoms with Gasteiger partial charge >= 0.3 is 0 Å². The van der Waals surface area contributed by atoms with Gasteiger partial charge in [0, 0.05) is 22.2 Å². The second kappa shape index (κ2) is 7.24. The minimum Gasteiger partial charge on any atom is -0.382 e. The number of anilines is 1. The quantitative estimate of drug-likeness (QED) is 0.498. The molecule has 3 N–H and O–H groups in total. The van der Waals surface area contributed by atoms with Gasteiger partial charge in [0.15, 0.2) is 11.4 Å². The van der Waals surface area contributed by atoms with Crippen LogP contribution in [0.4, 0.5) is 5.82 Å². The molecule has 1 atom stereocenters.